The fraction of sp³-hybridized carbons (Fsp3) is 0.438. The van der Waals surface area contributed by atoms with Gasteiger partial charge >= 0.3 is 12.0 Å². The highest BCUT2D eigenvalue weighted by atomic mass is 32.2. The van der Waals surface area contributed by atoms with Crippen molar-refractivity contribution in [3.8, 4) is 6.07 Å². The number of nitrogens with one attached hydrogen (secondary N) is 2. The molecule has 2 heterocycles. The topological polar surface area (TPSA) is 146 Å². The van der Waals surface area contributed by atoms with Gasteiger partial charge in [-0.15, -0.1) is 0 Å². The maximum absolute atomic E-state index is 14.4. The predicted octanol–water partition coefficient (Wildman–Crippen LogP) is 2.96. The van der Waals surface area contributed by atoms with E-state index in [1.54, 1.807) is 57.4 Å². The van der Waals surface area contributed by atoms with Crippen LogP contribution in [-0.4, -0.2) is 82.1 Å². The van der Waals surface area contributed by atoms with E-state index in [2.05, 4.69) is 16.1 Å². The van der Waals surface area contributed by atoms with Crippen LogP contribution < -0.4 is 10.0 Å². The zero-order valence-corrected chi connectivity index (χ0v) is 26.4. The maximum atomic E-state index is 14.4. The molecule has 2 aromatic carbocycles. The molecule has 0 spiro atoms. The first-order valence-corrected chi connectivity index (χ1v) is 16.2. The van der Waals surface area contributed by atoms with Crippen LogP contribution in [0.4, 0.5) is 4.79 Å². The number of imide groups is 1. The standard InChI is InChI=1S/C32H40N5O6S/c1-5-43-32(40)37(15-12-22(2)13-16-37)31(39)29(18-23-7-6-8-24(17-23)21-33)35-44(41,42)26-10-9-25-11-14-34-28(27(25)19-26)20-30(38)36(3)4/h6-10,12,17,19,28-29,34-35H,5,11,13-16,18,20H2,1-4H3/q+1/t28-,29+,37+/m1/s1. The monoisotopic (exact) mass is 622 g/mol. The van der Waals surface area contributed by atoms with Crippen LogP contribution in [0.5, 0.6) is 0 Å². The van der Waals surface area contributed by atoms with Gasteiger partial charge in [-0.2, -0.15) is 19.3 Å². The van der Waals surface area contributed by atoms with Gasteiger partial charge in [-0.25, -0.2) is 13.2 Å². The Morgan fingerprint density at radius 2 is 1.95 bits per heavy atom. The molecule has 234 valence electrons. The lowest BCUT2D eigenvalue weighted by atomic mass is 9.92. The lowest BCUT2D eigenvalue weighted by molar-refractivity contribution is -0.778. The molecule has 11 nitrogen and oxygen atoms in total. The Labute approximate surface area is 259 Å². The number of nitrogens with zero attached hydrogens (tertiary/aromatic N) is 3. The molecular formula is C32H40N5O6S+. The molecule has 3 amide bonds. The van der Waals surface area contributed by atoms with Gasteiger partial charge in [-0.05, 0) is 73.8 Å². The average molecular weight is 623 g/mol. The smallest absolute Gasteiger partial charge is 0.420 e. The molecule has 12 heteroatoms. The number of carbonyl (C=O) groups is 3. The first-order chi connectivity index (χ1) is 20.9. The number of carbonyl (C=O) groups excluding carboxylic acids is 3. The van der Waals surface area contributed by atoms with Crippen LogP contribution in [0.3, 0.4) is 0 Å². The van der Waals surface area contributed by atoms with Gasteiger partial charge in [0.15, 0.2) is 0 Å². The molecule has 0 aromatic heterocycles. The van der Waals surface area contributed by atoms with E-state index in [0.29, 0.717) is 36.1 Å². The summed E-state index contributed by atoms with van der Waals surface area (Å²) < 4.78 is 35.2. The van der Waals surface area contributed by atoms with E-state index in [9.17, 15) is 28.1 Å². The van der Waals surface area contributed by atoms with Gasteiger partial charge in [-0.3, -0.25) is 4.79 Å². The molecule has 0 saturated carbocycles. The van der Waals surface area contributed by atoms with Crippen LogP contribution >= 0.6 is 0 Å². The van der Waals surface area contributed by atoms with Gasteiger partial charge in [0.05, 0.1) is 23.1 Å². The summed E-state index contributed by atoms with van der Waals surface area (Å²) >= 11 is 0. The van der Waals surface area contributed by atoms with Crippen LogP contribution in [-0.2, 0) is 37.2 Å². The number of quaternary nitrogens is 1. The molecule has 3 atom stereocenters. The van der Waals surface area contributed by atoms with Crippen molar-refractivity contribution in [2.24, 2.45) is 0 Å². The summed E-state index contributed by atoms with van der Waals surface area (Å²) in [5, 5.41) is 12.7. The molecule has 2 aliphatic rings. The van der Waals surface area contributed by atoms with Crippen molar-refractivity contribution in [1.82, 2.24) is 14.9 Å². The highest BCUT2D eigenvalue weighted by Gasteiger charge is 2.51. The molecular weight excluding hydrogens is 582 g/mol. The van der Waals surface area contributed by atoms with Crippen molar-refractivity contribution in [3.63, 3.8) is 0 Å². The number of rotatable bonds is 9. The third-order valence-corrected chi connectivity index (χ3v) is 9.70. The van der Waals surface area contributed by atoms with Crippen LogP contribution in [0.25, 0.3) is 0 Å². The lowest BCUT2D eigenvalue weighted by Crippen LogP contribution is -2.65. The number of nitriles is 1. The van der Waals surface area contributed by atoms with Gasteiger partial charge in [0.1, 0.15) is 19.1 Å². The molecule has 0 fully saturated rings. The van der Waals surface area contributed by atoms with Crippen molar-refractivity contribution in [2.75, 3.05) is 40.3 Å². The molecule has 4 rings (SSSR count). The van der Waals surface area contributed by atoms with Gasteiger partial charge in [0, 0.05) is 39.4 Å². The molecule has 2 aromatic rings. The molecule has 0 unspecified atom stereocenters. The summed E-state index contributed by atoms with van der Waals surface area (Å²) in [5.41, 5.74) is 3.61. The Hall–Kier alpha value is -3.89. The fourth-order valence-corrected chi connectivity index (χ4v) is 6.86. The summed E-state index contributed by atoms with van der Waals surface area (Å²) in [6.07, 6.45) is 2.31. The summed E-state index contributed by atoms with van der Waals surface area (Å²) in [7, 11) is -0.949. The summed E-state index contributed by atoms with van der Waals surface area (Å²) in [4.78, 5) is 41.7. The summed E-state index contributed by atoms with van der Waals surface area (Å²) in [5.74, 6) is -0.724. The van der Waals surface area contributed by atoms with E-state index < -0.39 is 32.5 Å². The Balaban J connectivity index is 1.73. The number of benzene rings is 2. The second-order valence-corrected chi connectivity index (χ2v) is 13.2. The van der Waals surface area contributed by atoms with Crippen molar-refractivity contribution in [3.05, 3.63) is 76.4 Å². The van der Waals surface area contributed by atoms with Crippen LogP contribution in [0.15, 0.2) is 59.0 Å². The van der Waals surface area contributed by atoms with Crippen molar-refractivity contribution in [1.29, 1.82) is 5.26 Å². The van der Waals surface area contributed by atoms with Crippen LogP contribution in [0, 0.1) is 11.3 Å². The number of fused-ring (bicyclic) bond motifs is 1. The Morgan fingerprint density at radius 1 is 1.18 bits per heavy atom. The molecule has 44 heavy (non-hydrogen) atoms. The van der Waals surface area contributed by atoms with Gasteiger partial charge in [-0.1, -0.05) is 23.8 Å². The van der Waals surface area contributed by atoms with Crippen molar-refractivity contribution >= 4 is 27.9 Å². The maximum Gasteiger partial charge on any atom is 0.523 e. The fourth-order valence-electron chi connectivity index (χ4n) is 5.63. The first-order valence-electron chi connectivity index (χ1n) is 14.7. The largest absolute Gasteiger partial charge is 0.523 e. The molecule has 2 N–H and O–H groups in total. The number of sulfonamides is 1. The van der Waals surface area contributed by atoms with Crippen molar-refractivity contribution < 1.29 is 32.0 Å². The lowest BCUT2D eigenvalue weighted by Gasteiger charge is -2.36. The number of amides is 3. The quantitative estimate of drug-likeness (QED) is 0.321. The number of hydrogen-bond acceptors (Lipinski definition) is 8. The van der Waals surface area contributed by atoms with E-state index in [1.165, 1.54) is 11.0 Å². The number of ether oxygens (including phenoxy) is 1. The third kappa shape index (κ3) is 7.25. The Bertz CT molecular complexity index is 1610. The predicted molar refractivity (Wildman–Crippen MR) is 164 cm³/mol. The van der Waals surface area contributed by atoms with Gasteiger partial charge in [0.25, 0.3) is 0 Å². The average Bonchev–Trinajstić information content (AvgIpc) is 3.01. The van der Waals surface area contributed by atoms with E-state index in [0.717, 1.165) is 11.1 Å². The zero-order chi connectivity index (χ0) is 32.1. The van der Waals surface area contributed by atoms with Gasteiger partial charge < -0.3 is 15.0 Å². The Morgan fingerprint density at radius 3 is 2.61 bits per heavy atom. The zero-order valence-electron chi connectivity index (χ0n) is 25.6. The van der Waals surface area contributed by atoms with Gasteiger partial charge in [0.2, 0.25) is 15.9 Å². The highest BCUT2D eigenvalue weighted by molar-refractivity contribution is 7.89. The molecule has 2 aliphatic heterocycles. The minimum Gasteiger partial charge on any atom is -0.420 e. The molecule has 0 bridgehead atoms. The van der Waals surface area contributed by atoms with E-state index >= 15 is 0 Å². The Kier molecular flexibility index (Phi) is 10.4. The summed E-state index contributed by atoms with van der Waals surface area (Å²) in [6, 6.07) is 11.7. The SMILES string of the molecule is CCOC(=O)[N@@+]1(C(=O)[C@H](Cc2cccc(C#N)c2)NS(=O)(=O)c2ccc3c(c2)[C@@H](CC(=O)N(C)C)NCC3)CC=C(C)CC1. The van der Waals surface area contributed by atoms with E-state index in [4.69, 9.17) is 4.74 Å². The van der Waals surface area contributed by atoms with Crippen LogP contribution in [0.1, 0.15) is 55.0 Å². The minimum atomic E-state index is -4.29. The second kappa shape index (κ2) is 13.8. The third-order valence-electron chi connectivity index (χ3n) is 8.24. The molecule has 0 radical (unpaired) electrons. The van der Waals surface area contributed by atoms with E-state index in [1.807, 2.05) is 13.0 Å². The minimum absolute atomic E-state index is 0.0477. The molecule has 0 aliphatic carbocycles. The first kappa shape index (κ1) is 33.0. The number of hydrogen-bond donors (Lipinski definition) is 2. The second-order valence-electron chi connectivity index (χ2n) is 11.5. The summed E-state index contributed by atoms with van der Waals surface area (Å²) in [6.45, 7) is 4.48. The highest BCUT2D eigenvalue weighted by Crippen LogP contribution is 2.29. The van der Waals surface area contributed by atoms with E-state index in [-0.39, 0.29) is 49.4 Å². The van der Waals surface area contributed by atoms with Crippen molar-refractivity contribution in [2.45, 2.75) is 56.5 Å². The normalized spacial score (nSPS) is 20.4. The molecule has 0 saturated heterocycles. The van der Waals surface area contributed by atoms with Crippen LogP contribution in [0.2, 0.25) is 0 Å².